The quantitative estimate of drug-likeness (QED) is 0.835. The number of nitrogens with one attached hydrogen (secondary N) is 1. The number of rotatable bonds is 1. The Morgan fingerprint density at radius 1 is 1.41 bits per heavy atom. The predicted octanol–water partition coefficient (Wildman–Crippen LogP) is 3.25. The van der Waals surface area contributed by atoms with Crippen LogP contribution in [0.3, 0.4) is 0 Å². The smallest absolute Gasteiger partial charge is 0.391 e. The van der Waals surface area contributed by atoms with Gasteiger partial charge < -0.3 is 15.3 Å². The molecule has 7 heteroatoms. The molecule has 0 aromatic heterocycles. The normalized spacial score (nSPS) is 22.5. The van der Waals surface area contributed by atoms with Crippen molar-refractivity contribution in [3.63, 3.8) is 0 Å². The fraction of sp³-hybridized carbons (Fsp3) is 0.533. The Bertz CT molecular complexity index is 560. The van der Waals surface area contributed by atoms with Crippen molar-refractivity contribution in [2.45, 2.75) is 32.5 Å². The number of hydrogen-bond acceptors (Lipinski definition) is 2. The molecule has 0 bridgehead atoms. The van der Waals surface area contributed by atoms with E-state index in [4.69, 9.17) is 0 Å². The van der Waals surface area contributed by atoms with E-state index in [1.54, 1.807) is 0 Å². The van der Waals surface area contributed by atoms with Gasteiger partial charge in [-0.05, 0) is 37.0 Å². The van der Waals surface area contributed by atoms with Gasteiger partial charge in [-0.3, -0.25) is 0 Å². The number of urea groups is 1. The number of aliphatic hydroxyl groups excluding tert-OH is 1. The van der Waals surface area contributed by atoms with E-state index in [-0.39, 0.29) is 23.7 Å². The van der Waals surface area contributed by atoms with E-state index in [0.29, 0.717) is 13.0 Å². The molecular formula is C15H19F3N2O2. The summed E-state index contributed by atoms with van der Waals surface area (Å²) in [6.07, 6.45) is -4.40. The molecule has 1 heterocycles. The zero-order valence-corrected chi connectivity index (χ0v) is 12.4. The van der Waals surface area contributed by atoms with E-state index in [1.165, 1.54) is 24.0 Å². The minimum absolute atomic E-state index is 0.0936. The number of carbonyl (C=O) groups excluding carboxylic acids is 1. The molecule has 1 aromatic carbocycles. The molecule has 0 aliphatic carbocycles. The maximum Gasteiger partial charge on any atom is 0.416 e. The van der Waals surface area contributed by atoms with Crippen molar-refractivity contribution in [3.8, 4) is 0 Å². The van der Waals surface area contributed by atoms with Crippen molar-refractivity contribution in [1.82, 2.24) is 4.90 Å². The Balaban J connectivity index is 2.09. The molecule has 1 aliphatic heterocycles. The number of hydrogen-bond donors (Lipinski definition) is 2. The third-order valence-electron chi connectivity index (χ3n) is 4.00. The first kappa shape index (κ1) is 16.6. The Morgan fingerprint density at radius 2 is 2.09 bits per heavy atom. The second-order valence-corrected chi connectivity index (χ2v) is 5.74. The van der Waals surface area contributed by atoms with Gasteiger partial charge in [-0.15, -0.1) is 0 Å². The van der Waals surface area contributed by atoms with Crippen molar-refractivity contribution in [2.75, 3.05) is 18.4 Å². The van der Waals surface area contributed by atoms with Crippen LogP contribution in [0.2, 0.25) is 0 Å². The molecule has 1 aliphatic rings. The summed E-state index contributed by atoms with van der Waals surface area (Å²) in [4.78, 5) is 13.5. The molecular weight excluding hydrogens is 297 g/mol. The minimum Gasteiger partial charge on any atom is -0.391 e. The van der Waals surface area contributed by atoms with E-state index < -0.39 is 23.9 Å². The first-order valence-corrected chi connectivity index (χ1v) is 7.10. The minimum atomic E-state index is -4.46. The van der Waals surface area contributed by atoms with Gasteiger partial charge in [-0.25, -0.2) is 4.79 Å². The van der Waals surface area contributed by atoms with Gasteiger partial charge in [0.1, 0.15) is 0 Å². The molecule has 2 amide bonds. The number of β-amino-alcohol motifs (C(OH)–C–C–N with tert-alkyl or cyclic N) is 1. The molecule has 1 aromatic rings. The van der Waals surface area contributed by atoms with Crippen LogP contribution >= 0.6 is 0 Å². The van der Waals surface area contributed by atoms with Crippen LogP contribution in [0.4, 0.5) is 23.7 Å². The lowest BCUT2D eigenvalue weighted by Crippen LogP contribution is -2.47. The van der Waals surface area contributed by atoms with Crippen LogP contribution in [-0.4, -0.2) is 35.2 Å². The SMILES string of the molecule is Cc1ccc(NC(=O)N2CCC(C)C(O)C2)cc1C(F)(F)F. The van der Waals surface area contributed by atoms with Crippen LogP contribution in [0.25, 0.3) is 0 Å². The summed E-state index contributed by atoms with van der Waals surface area (Å²) in [7, 11) is 0. The number of amides is 2. The van der Waals surface area contributed by atoms with Crippen LogP contribution in [0, 0.1) is 12.8 Å². The molecule has 2 unspecified atom stereocenters. The lowest BCUT2D eigenvalue weighted by atomic mass is 9.96. The van der Waals surface area contributed by atoms with Crippen molar-refractivity contribution in [3.05, 3.63) is 29.3 Å². The molecule has 1 fully saturated rings. The van der Waals surface area contributed by atoms with Crippen molar-refractivity contribution in [2.24, 2.45) is 5.92 Å². The number of halogens is 3. The van der Waals surface area contributed by atoms with E-state index in [1.807, 2.05) is 6.92 Å². The van der Waals surface area contributed by atoms with E-state index in [2.05, 4.69) is 5.32 Å². The maximum atomic E-state index is 12.9. The van der Waals surface area contributed by atoms with Crippen molar-refractivity contribution < 1.29 is 23.1 Å². The van der Waals surface area contributed by atoms with Gasteiger partial charge in [0, 0.05) is 18.8 Å². The molecule has 0 radical (unpaired) electrons. The van der Waals surface area contributed by atoms with Crippen LogP contribution < -0.4 is 5.32 Å². The molecule has 2 rings (SSSR count). The topological polar surface area (TPSA) is 52.6 Å². The molecule has 4 nitrogen and oxygen atoms in total. The van der Waals surface area contributed by atoms with Crippen molar-refractivity contribution >= 4 is 11.7 Å². The highest BCUT2D eigenvalue weighted by Crippen LogP contribution is 2.33. The Kier molecular flexibility index (Phi) is 4.65. The van der Waals surface area contributed by atoms with Gasteiger partial charge in [-0.2, -0.15) is 13.2 Å². The lowest BCUT2D eigenvalue weighted by Gasteiger charge is -2.34. The Labute approximate surface area is 126 Å². The van der Waals surface area contributed by atoms with Gasteiger partial charge in [0.25, 0.3) is 0 Å². The molecule has 22 heavy (non-hydrogen) atoms. The molecule has 0 spiro atoms. The average molecular weight is 316 g/mol. The zero-order valence-electron chi connectivity index (χ0n) is 12.4. The standard InChI is InChI=1S/C15H19F3N2O2/c1-9-3-4-11(7-12(9)15(16,17)18)19-14(22)20-6-5-10(2)13(21)8-20/h3-4,7,10,13,21H,5-6,8H2,1-2H3,(H,19,22). The molecule has 2 atom stereocenters. The van der Waals surface area contributed by atoms with Crippen LogP contribution in [0.5, 0.6) is 0 Å². The second-order valence-electron chi connectivity index (χ2n) is 5.74. The second kappa shape index (κ2) is 6.16. The first-order valence-electron chi connectivity index (χ1n) is 7.10. The summed E-state index contributed by atoms with van der Waals surface area (Å²) in [5.74, 6) is 0.111. The van der Waals surface area contributed by atoms with Crippen LogP contribution in [-0.2, 0) is 6.18 Å². The highest BCUT2D eigenvalue weighted by Gasteiger charge is 2.33. The monoisotopic (exact) mass is 316 g/mol. The number of carbonyl (C=O) groups is 1. The molecule has 122 valence electrons. The van der Waals surface area contributed by atoms with Gasteiger partial charge in [-0.1, -0.05) is 13.0 Å². The third kappa shape index (κ3) is 3.71. The summed E-state index contributed by atoms with van der Waals surface area (Å²) in [6, 6.07) is 3.19. The average Bonchev–Trinajstić information content (AvgIpc) is 2.42. The fourth-order valence-electron chi connectivity index (χ4n) is 2.44. The Hall–Kier alpha value is -1.76. The highest BCUT2D eigenvalue weighted by molar-refractivity contribution is 5.89. The fourth-order valence-corrected chi connectivity index (χ4v) is 2.44. The molecule has 0 saturated carbocycles. The number of aryl methyl sites for hydroxylation is 1. The highest BCUT2D eigenvalue weighted by atomic mass is 19.4. The molecule has 1 saturated heterocycles. The summed E-state index contributed by atoms with van der Waals surface area (Å²) < 4.78 is 38.6. The largest absolute Gasteiger partial charge is 0.416 e. The number of benzene rings is 1. The lowest BCUT2D eigenvalue weighted by molar-refractivity contribution is -0.138. The van der Waals surface area contributed by atoms with Gasteiger partial charge >= 0.3 is 12.2 Å². The van der Waals surface area contributed by atoms with Gasteiger partial charge in [0.15, 0.2) is 0 Å². The maximum absolute atomic E-state index is 12.9. The van der Waals surface area contributed by atoms with E-state index in [9.17, 15) is 23.1 Å². The summed E-state index contributed by atoms with van der Waals surface area (Å²) in [5, 5.41) is 12.2. The third-order valence-corrected chi connectivity index (χ3v) is 4.00. The molecule has 2 N–H and O–H groups in total. The summed E-state index contributed by atoms with van der Waals surface area (Å²) in [5.41, 5.74) is -0.568. The number of piperidine rings is 1. The summed E-state index contributed by atoms with van der Waals surface area (Å²) >= 11 is 0. The Morgan fingerprint density at radius 3 is 2.68 bits per heavy atom. The summed E-state index contributed by atoms with van der Waals surface area (Å²) in [6.45, 7) is 3.93. The number of aliphatic hydroxyl groups is 1. The predicted molar refractivity (Wildman–Crippen MR) is 76.6 cm³/mol. The first-order chi connectivity index (χ1) is 10.2. The number of anilines is 1. The van der Waals surface area contributed by atoms with Crippen LogP contribution in [0.1, 0.15) is 24.5 Å². The van der Waals surface area contributed by atoms with Crippen molar-refractivity contribution in [1.29, 1.82) is 0 Å². The number of alkyl halides is 3. The van der Waals surface area contributed by atoms with Crippen LogP contribution in [0.15, 0.2) is 18.2 Å². The zero-order chi connectivity index (χ0) is 16.5. The van der Waals surface area contributed by atoms with Gasteiger partial charge in [0.2, 0.25) is 0 Å². The van der Waals surface area contributed by atoms with E-state index in [0.717, 1.165) is 6.07 Å². The van der Waals surface area contributed by atoms with Gasteiger partial charge in [0.05, 0.1) is 11.7 Å². The number of likely N-dealkylation sites (tertiary alicyclic amines) is 1. The van der Waals surface area contributed by atoms with E-state index >= 15 is 0 Å². The number of nitrogens with zero attached hydrogens (tertiary/aromatic N) is 1.